The van der Waals surface area contributed by atoms with Crippen LogP contribution in [0.3, 0.4) is 0 Å². The fourth-order valence-corrected chi connectivity index (χ4v) is 3.17. The predicted octanol–water partition coefficient (Wildman–Crippen LogP) is 2.59. The summed E-state index contributed by atoms with van der Waals surface area (Å²) in [6, 6.07) is 0.449. The number of aromatic nitrogens is 4. The van der Waals surface area contributed by atoms with Gasteiger partial charge in [-0.3, -0.25) is 0 Å². The van der Waals surface area contributed by atoms with Gasteiger partial charge in [0.15, 0.2) is 0 Å². The van der Waals surface area contributed by atoms with Crippen LogP contribution in [0.25, 0.3) is 0 Å². The van der Waals surface area contributed by atoms with E-state index in [9.17, 15) is 0 Å². The molecule has 0 radical (unpaired) electrons. The van der Waals surface area contributed by atoms with Gasteiger partial charge >= 0.3 is 6.01 Å². The summed E-state index contributed by atoms with van der Waals surface area (Å²) in [7, 11) is 0. The van der Waals surface area contributed by atoms with E-state index in [1.807, 2.05) is 6.92 Å². The highest BCUT2D eigenvalue weighted by molar-refractivity contribution is 7.15. The highest BCUT2D eigenvalue weighted by Gasteiger charge is 2.28. The molecule has 22 heavy (non-hydrogen) atoms. The Kier molecular flexibility index (Phi) is 3.99. The van der Waals surface area contributed by atoms with E-state index in [0.29, 0.717) is 6.01 Å². The maximum Gasteiger partial charge on any atom is 0.316 e. The van der Waals surface area contributed by atoms with Gasteiger partial charge in [0.25, 0.3) is 0 Å². The maximum atomic E-state index is 5.85. The van der Waals surface area contributed by atoms with E-state index >= 15 is 0 Å². The van der Waals surface area contributed by atoms with Crippen molar-refractivity contribution in [3.8, 4) is 6.01 Å². The largest absolute Gasteiger partial charge is 0.458 e. The molecule has 1 unspecified atom stereocenters. The summed E-state index contributed by atoms with van der Waals surface area (Å²) in [6.07, 6.45) is 4.59. The van der Waals surface area contributed by atoms with E-state index in [-0.39, 0.29) is 11.5 Å². The number of nitrogens with zero attached hydrogens (tertiary/aromatic N) is 5. The average Bonchev–Trinajstić information content (AvgIpc) is 3.09. The van der Waals surface area contributed by atoms with Crippen LogP contribution in [0, 0.1) is 6.92 Å². The molecule has 1 aliphatic rings. The van der Waals surface area contributed by atoms with Gasteiger partial charge in [-0.2, -0.15) is 0 Å². The minimum Gasteiger partial charge on any atom is -0.458 e. The lowest BCUT2D eigenvalue weighted by atomic mass is 9.98. The van der Waals surface area contributed by atoms with Gasteiger partial charge in [-0.05, 0) is 12.5 Å². The monoisotopic (exact) mass is 319 g/mol. The summed E-state index contributed by atoms with van der Waals surface area (Å²) in [6.45, 7) is 10.2. The Balaban J connectivity index is 1.62. The molecule has 1 aliphatic heterocycles. The molecule has 2 aromatic heterocycles. The van der Waals surface area contributed by atoms with Gasteiger partial charge in [0, 0.05) is 30.8 Å². The summed E-state index contributed by atoms with van der Waals surface area (Å²) in [5.41, 5.74) is 1.07. The second-order valence-corrected chi connectivity index (χ2v) is 7.61. The van der Waals surface area contributed by atoms with Gasteiger partial charge < -0.3 is 9.64 Å². The Bertz CT molecular complexity index is 634. The Morgan fingerprint density at radius 2 is 1.95 bits per heavy atom. The van der Waals surface area contributed by atoms with Crippen molar-refractivity contribution >= 4 is 16.5 Å². The van der Waals surface area contributed by atoms with E-state index in [2.05, 4.69) is 45.8 Å². The molecule has 0 N–H and O–H groups in total. The fraction of sp³-hybridized carbons (Fsp3) is 0.600. The number of anilines is 1. The molecule has 3 heterocycles. The van der Waals surface area contributed by atoms with Gasteiger partial charge in [0.1, 0.15) is 11.1 Å². The standard InChI is InChI=1S/C15H21N5OS/c1-10-7-16-13(17-8-10)21-11-5-6-20(9-11)14-19-18-12(22-14)15(2,3)4/h7-8,11H,5-6,9H2,1-4H3. The van der Waals surface area contributed by atoms with Crippen molar-refractivity contribution in [1.82, 2.24) is 20.2 Å². The molecule has 0 spiro atoms. The molecule has 7 heteroatoms. The quantitative estimate of drug-likeness (QED) is 0.866. The topological polar surface area (TPSA) is 64.0 Å². The van der Waals surface area contributed by atoms with Gasteiger partial charge in [0.2, 0.25) is 5.13 Å². The zero-order valence-electron chi connectivity index (χ0n) is 13.4. The molecule has 0 aliphatic carbocycles. The van der Waals surface area contributed by atoms with Crippen molar-refractivity contribution in [3.63, 3.8) is 0 Å². The van der Waals surface area contributed by atoms with E-state index in [1.54, 1.807) is 23.7 Å². The number of ether oxygens (including phenoxy) is 1. The second-order valence-electron chi connectivity index (χ2n) is 6.66. The van der Waals surface area contributed by atoms with Crippen molar-refractivity contribution in [3.05, 3.63) is 23.0 Å². The highest BCUT2D eigenvalue weighted by Crippen LogP contribution is 2.31. The van der Waals surface area contributed by atoms with Crippen LogP contribution in [0.15, 0.2) is 12.4 Å². The van der Waals surface area contributed by atoms with Crippen LogP contribution in [0.1, 0.15) is 37.8 Å². The van der Waals surface area contributed by atoms with Gasteiger partial charge in [-0.25, -0.2) is 9.97 Å². The highest BCUT2D eigenvalue weighted by atomic mass is 32.1. The molecule has 0 amide bonds. The summed E-state index contributed by atoms with van der Waals surface area (Å²) in [5.74, 6) is 0. The summed E-state index contributed by atoms with van der Waals surface area (Å²) < 4.78 is 5.85. The van der Waals surface area contributed by atoms with Crippen molar-refractivity contribution in [2.75, 3.05) is 18.0 Å². The van der Waals surface area contributed by atoms with Crippen LogP contribution in [0.4, 0.5) is 5.13 Å². The first kappa shape index (κ1) is 15.1. The fourth-order valence-electron chi connectivity index (χ4n) is 2.24. The van der Waals surface area contributed by atoms with Crippen molar-refractivity contribution in [2.45, 2.75) is 45.6 Å². The molecule has 1 saturated heterocycles. The number of aryl methyl sites for hydroxylation is 1. The van der Waals surface area contributed by atoms with Gasteiger partial charge in [0.05, 0.1) is 6.54 Å². The van der Waals surface area contributed by atoms with Gasteiger partial charge in [-0.15, -0.1) is 10.2 Å². The van der Waals surface area contributed by atoms with E-state index in [1.165, 1.54) is 0 Å². The summed E-state index contributed by atoms with van der Waals surface area (Å²) in [4.78, 5) is 10.6. The number of hydrogen-bond donors (Lipinski definition) is 0. The minimum absolute atomic E-state index is 0.0429. The summed E-state index contributed by atoms with van der Waals surface area (Å²) in [5, 5.41) is 10.7. The van der Waals surface area contributed by atoms with Crippen LogP contribution in [-0.4, -0.2) is 39.4 Å². The Morgan fingerprint density at radius 3 is 2.59 bits per heavy atom. The molecule has 0 aromatic carbocycles. The third kappa shape index (κ3) is 3.35. The van der Waals surface area contributed by atoms with Crippen LogP contribution >= 0.6 is 11.3 Å². The normalized spacial score (nSPS) is 18.7. The van der Waals surface area contributed by atoms with Crippen LogP contribution in [0.2, 0.25) is 0 Å². The first-order valence-corrected chi connectivity index (χ1v) is 8.28. The number of hydrogen-bond acceptors (Lipinski definition) is 7. The van der Waals surface area contributed by atoms with E-state index in [4.69, 9.17) is 4.74 Å². The Hall–Kier alpha value is -1.76. The molecule has 2 aromatic rings. The third-order valence-corrected chi connectivity index (χ3v) is 4.91. The molecule has 0 saturated carbocycles. The van der Waals surface area contributed by atoms with Crippen molar-refractivity contribution in [1.29, 1.82) is 0 Å². The first-order valence-electron chi connectivity index (χ1n) is 7.46. The zero-order chi connectivity index (χ0) is 15.7. The van der Waals surface area contributed by atoms with Crippen LogP contribution in [-0.2, 0) is 5.41 Å². The lowest BCUT2D eigenvalue weighted by Gasteiger charge is -2.15. The van der Waals surface area contributed by atoms with Crippen molar-refractivity contribution in [2.24, 2.45) is 0 Å². The Labute approximate surface area is 134 Å². The molecule has 1 atom stereocenters. The zero-order valence-corrected chi connectivity index (χ0v) is 14.2. The third-order valence-electron chi connectivity index (χ3n) is 3.50. The van der Waals surface area contributed by atoms with Crippen LogP contribution in [0.5, 0.6) is 6.01 Å². The molecule has 118 valence electrons. The lowest BCUT2D eigenvalue weighted by molar-refractivity contribution is 0.206. The Morgan fingerprint density at radius 1 is 1.23 bits per heavy atom. The predicted molar refractivity (Wildman–Crippen MR) is 86.6 cm³/mol. The molecule has 0 bridgehead atoms. The van der Waals surface area contributed by atoms with Gasteiger partial charge in [-0.1, -0.05) is 32.1 Å². The average molecular weight is 319 g/mol. The second kappa shape index (κ2) is 5.79. The SMILES string of the molecule is Cc1cnc(OC2CCN(c3nnc(C(C)(C)C)s3)C2)nc1. The smallest absolute Gasteiger partial charge is 0.316 e. The minimum atomic E-state index is 0.0429. The first-order chi connectivity index (χ1) is 10.4. The molecule has 3 rings (SSSR count). The van der Waals surface area contributed by atoms with Crippen molar-refractivity contribution < 1.29 is 4.74 Å². The number of rotatable bonds is 3. The molecule has 6 nitrogen and oxygen atoms in total. The molecular weight excluding hydrogens is 298 g/mol. The molecular formula is C15H21N5OS. The summed E-state index contributed by atoms with van der Waals surface area (Å²) >= 11 is 1.66. The lowest BCUT2D eigenvalue weighted by Crippen LogP contribution is -2.25. The molecule has 1 fully saturated rings. The van der Waals surface area contributed by atoms with Crippen LogP contribution < -0.4 is 9.64 Å². The van der Waals surface area contributed by atoms with E-state index in [0.717, 1.165) is 35.2 Å². The van der Waals surface area contributed by atoms with E-state index < -0.39 is 0 Å². The maximum absolute atomic E-state index is 5.85.